The van der Waals surface area contributed by atoms with Crippen LogP contribution in [0.1, 0.15) is 30.6 Å². The Morgan fingerprint density at radius 2 is 1.38 bits per heavy atom. The Hall–Kier alpha value is -3.08. The summed E-state index contributed by atoms with van der Waals surface area (Å²) < 4.78 is 10.4. The monoisotopic (exact) mass is 351 g/mol. The summed E-state index contributed by atoms with van der Waals surface area (Å²) in [6.07, 6.45) is 0.238. The number of ether oxygens (including phenoxy) is 2. The fourth-order valence-electron chi connectivity index (χ4n) is 3.02. The smallest absolute Gasteiger partial charge is 0.411 e. The standard InChI is InChI=1S/C21H21NO4/c1-3-13-26-21(24)22-19-16-11-7-5-9-14(16)18(20(23)25-4-2)15-10-6-8-12-17(15)19/h5-12H,3-4,13H2,1-2H3,(H,22,24). The Kier molecular flexibility index (Phi) is 5.37. The Morgan fingerprint density at radius 1 is 0.846 bits per heavy atom. The van der Waals surface area contributed by atoms with E-state index in [0.717, 1.165) is 28.0 Å². The van der Waals surface area contributed by atoms with Crippen molar-refractivity contribution < 1.29 is 19.1 Å². The molecule has 0 bridgehead atoms. The zero-order chi connectivity index (χ0) is 18.5. The Balaban J connectivity index is 2.26. The van der Waals surface area contributed by atoms with Crippen molar-refractivity contribution >= 4 is 39.3 Å². The van der Waals surface area contributed by atoms with Crippen LogP contribution >= 0.6 is 0 Å². The molecule has 5 heteroatoms. The van der Waals surface area contributed by atoms with Crippen molar-refractivity contribution in [3.8, 4) is 0 Å². The van der Waals surface area contributed by atoms with E-state index in [1.54, 1.807) is 6.92 Å². The topological polar surface area (TPSA) is 64.6 Å². The van der Waals surface area contributed by atoms with Crippen LogP contribution in [0.4, 0.5) is 10.5 Å². The molecular weight excluding hydrogens is 330 g/mol. The number of fused-ring (bicyclic) bond motifs is 2. The summed E-state index contributed by atoms with van der Waals surface area (Å²) in [7, 11) is 0. The fourth-order valence-corrected chi connectivity index (χ4v) is 3.02. The molecule has 0 unspecified atom stereocenters. The number of hydrogen-bond acceptors (Lipinski definition) is 4. The molecule has 0 fully saturated rings. The Labute approximate surface area is 151 Å². The molecule has 3 aromatic rings. The predicted molar refractivity (Wildman–Crippen MR) is 103 cm³/mol. The van der Waals surface area contributed by atoms with Crippen LogP contribution in [-0.4, -0.2) is 25.3 Å². The summed E-state index contributed by atoms with van der Waals surface area (Å²) in [5.41, 5.74) is 1.14. The van der Waals surface area contributed by atoms with Crippen molar-refractivity contribution in [3.05, 3.63) is 54.1 Å². The van der Waals surface area contributed by atoms with Crippen molar-refractivity contribution in [3.63, 3.8) is 0 Å². The lowest BCUT2D eigenvalue weighted by atomic mass is 9.94. The van der Waals surface area contributed by atoms with Gasteiger partial charge in [-0.05, 0) is 24.1 Å². The van der Waals surface area contributed by atoms with Gasteiger partial charge in [-0.15, -0.1) is 0 Å². The molecule has 26 heavy (non-hydrogen) atoms. The fraction of sp³-hybridized carbons (Fsp3) is 0.238. The number of anilines is 1. The minimum absolute atomic E-state index is 0.296. The quantitative estimate of drug-likeness (QED) is 0.511. The zero-order valence-corrected chi connectivity index (χ0v) is 14.9. The van der Waals surface area contributed by atoms with Crippen LogP contribution in [0.25, 0.3) is 21.5 Å². The van der Waals surface area contributed by atoms with Crippen LogP contribution in [0, 0.1) is 0 Å². The van der Waals surface area contributed by atoms with Gasteiger partial charge in [-0.2, -0.15) is 0 Å². The van der Waals surface area contributed by atoms with Gasteiger partial charge in [-0.3, -0.25) is 5.32 Å². The maximum Gasteiger partial charge on any atom is 0.411 e. The predicted octanol–water partition coefficient (Wildman–Crippen LogP) is 5.13. The van der Waals surface area contributed by atoms with E-state index in [9.17, 15) is 9.59 Å². The van der Waals surface area contributed by atoms with Crippen LogP contribution in [-0.2, 0) is 9.47 Å². The summed E-state index contributed by atoms with van der Waals surface area (Å²) in [6.45, 7) is 4.36. The van der Waals surface area contributed by atoms with E-state index in [0.29, 0.717) is 24.5 Å². The van der Waals surface area contributed by atoms with Crippen molar-refractivity contribution in [2.24, 2.45) is 0 Å². The lowest BCUT2D eigenvalue weighted by Crippen LogP contribution is -2.15. The number of carbonyl (C=O) groups excluding carboxylic acids is 2. The molecule has 3 aromatic carbocycles. The third-order valence-electron chi connectivity index (χ3n) is 4.08. The number of benzene rings is 3. The van der Waals surface area contributed by atoms with Gasteiger partial charge in [-0.1, -0.05) is 55.5 Å². The SMILES string of the molecule is CCCOC(=O)Nc1c2ccccc2c(C(=O)OCC)c2ccccc12. The van der Waals surface area contributed by atoms with Crippen LogP contribution in [0.2, 0.25) is 0 Å². The minimum Gasteiger partial charge on any atom is -0.462 e. The van der Waals surface area contributed by atoms with Gasteiger partial charge in [0.25, 0.3) is 0 Å². The van der Waals surface area contributed by atoms with E-state index < -0.39 is 6.09 Å². The summed E-state index contributed by atoms with van der Waals surface area (Å²) >= 11 is 0. The summed E-state index contributed by atoms with van der Waals surface area (Å²) in [5, 5.41) is 5.84. The average molecular weight is 351 g/mol. The van der Waals surface area contributed by atoms with Crippen molar-refractivity contribution in [2.75, 3.05) is 18.5 Å². The second-order valence-electron chi connectivity index (χ2n) is 5.82. The number of esters is 1. The van der Waals surface area contributed by atoms with Crippen LogP contribution in [0.5, 0.6) is 0 Å². The van der Waals surface area contributed by atoms with Crippen LogP contribution in [0.15, 0.2) is 48.5 Å². The first kappa shape index (κ1) is 17.7. The Morgan fingerprint density at radius 3 is 1.88 bits per heavy atom. The molecule has 5 nitrogen and oxygen atoms in total. The van der Waals surface area contributed by atoms with E-state index in [1.807, 2.05) is 55.5 Å². The normalized spacial score (nSPS) is 10.7. The second kappa shape index (κ2) is 7.87. The molecule has 1 amide bonds. The lowest BCUT2D eigenvalue weighted by Gasteiger charge is -2.16. The van der Waals surface area contributed by atoms with Crippen molar-refractivity contribution in [1.82, 2.24) is 0 Å². The van der Waals surface area contributed by atoms with E-state index >= 15 is 0 Å². The lowest BCUT2D eigenvalue weighted by molar-refractivity contribution is 0.0531. The minimum atomic E-state index is -0.508. The molecule has 0 saturated carbocycles. The summed E-state index contributed by atoms with van der Waals surface area (Å²) in [5.74, 6) is -0.375. The zero-order valence-electron chi connectivity index (χ0n) is 14.9. The third kappa shape index (κ3) is 3.33. The molecule has 0 saturated heterocycles. The molecule has 1 N–H and O–H groups in total. The number of carbonyl (C=O) groups is 2. The van der Waals surface area contributed by atoms with Gasteiger partial charge in [-0.25, -0.2) is 9.59 Å². The van der Waals surface area contributed by atoms with Crippen molar-refractivity contribution in [1.29, 1.82) is 0 Å². The van der Waals surface area contributed by atoms with E-state index in [1.165, 1.54) is 0 Å². The van der Waals surface area contributed by atoms with Gasteiger partial charge in [0.1, 0.15) is 0 Å². The molecule has 0 aliphatic rings. The molecule has 0 heterocycles. The third-order valence-corrected chi connectivity index (χ3v) is 4.08. The van der Waals surface area contributed by atoms with Gasteiger partial charge in [0.2, 0.25) is 0 Å². The Bertz CT molecular complexity index is 908. The van der Waals surface area contributed by atoms with Gasteiger partial charge in [0, 0.05) is 10.8 Å². The highest BCUT2D eigenvalue weighted by molar-refractivity contribution is 6.24. The molecule has 0 aliphatic heterocycles. The van der Waals surface area contributed by atoms with E-state index in [4.69, 9.17) is 9.47 Å². The highest BCUT2D eigenvalue weighted by Crippen LogP contribution is 2.37. The maximum atomic E-state index is 12.6. The largest absolute Gasteiger partial charge is 0.462 e. The molecule has 0 atom stereocenters. The van der Waals surface area contributed by atoms with Gasteiger partial charge < -0.3 is 9.47 Å². The molecule has 0 radical (unpaired) electrons. The molecular formula is C21H21NO4. The summed E-state index contributed by atoms with van der Waals surface area (Å²) in [6, 6.07) is 14.9. The maximum absolute atomic E-state index is 12.6. The second-order valence-corrected chi connectivity index (χ2v) is 5.82. The van der Waals surface area contributed by atoms with Crippen molar-refractivity contribution in [2.45, 2.75) is 20.3 Å². The van der Waals surface area contributed by atoms with E-state index in [2.05, 4.69) is 5.32 Å². The molecule has 134 valence electrons. The molecule has 0 spiro atoms. The number of rotatable bonds is 5. The van der Waals surface area contributed by atoms with Gasteiger partial charge in [0.05, 0.1) is 24.5 Å². The highest BCUT2D eigenvalue weighted by atomic mass is 16.5. The molecule has 0 aliphatic carbocycles. The first-order valence-electron chi connectivity index (χ1n) is 8.71. The highest BCUT2D eigenvalue weighted by Gasteiger charge is 2.20. The first-order valence-corrected chi connectivity index (χ1v) is 8.71. The van der Waals surface area contributed by atoms with Crippen LogP contribution in [0.3, 0.4) is 0 Å². The number of nitrogens with one attached hydrogen (secondary N) is 1. The van der Waals surface area contributed by atoms with Gasteiger partial charge in [0.15, 0.2) is 0 Å². The van der Waals surface area contributed by atoms with Crippen LogP contribution < -0.4 is 5.32 Å². The number of hydrogen-bond donors (Lipinski definition) is 1. The van der Waals surface area contributed by atoms with Gasteiger partial charge >= 0.3 is 12.1 Å². The average Bonchev–Trinajstić information content (AvgIpc) is 2.66. The first-order chi connectivity index (χ1) is 12.7. The molecule has 3 rings (SSSR count). The summed E-state index contributed by atoms with van der Waals surface area (Å²) in [4.78, 5) is 24.8. The van der Waals surface area contributed by atoms with E-state index in [-0.39, 0.29) is 5.97 Å². The molecule has 0 aromatic heterocycles. The number of amides is 1.